The maximum absolute atomic E-state index is 8.66. The van der Waals surface area contributed by atoms with Gasteiger partial charge in [0, 0.05) is 31.2 Å². The van der Waals surface area contributed by atoms with E-state index in [1.54, 1.807) is 0 Å². The molecule has 3 heteroatoms. The Morgan fingerprint density at radius 3 is 2.62 bits per heavy atom. The lowest BCUT2D eigenvalue weighted by molar-refractivity contribution is 0.0865. The lowest BCUT2D eigenvalue weighted by atomic mass is 9.95. The van der Waals surface area contributed by atoms with E-state index in [-0.39, 0.29) is 0 Å². The highest BCUT2D eigenvalue weighted by Crippen LogP contribution is 2.27. The molecule has 2 rings (SSSR count). The predicted molar refractivity (Wildman–Crippen MR) is 51.2 cm³/mol. The second-order valence-electron chi connectivity index (χ2n) is 4.90. The first-order valence-corrected chi connectivity index (χ1v) is 4.99. The summed E-state index contributed by atoms with van der Waals surface area (Å²) in [5.74, 6) is 0.295. The number of nitrogens with one attached hydrogen (secondary N) is 1. The second-order valence-corrected chi connectivity index (χ2v) is 4.90. The van der Waals surface area contributed by atoms with Crippen LogP contribution in [0.1, 0.15) is 20.3 Å². The van der Waals surface area contributed by atoms with E-state index in [1.807, 2.05) is 0 Å². The minimum atomic E-state index is 0.294. The number of nitriles is 1. The van der Waals surface area contributed by atoms with E-state index in [0.29, 0.717) is 17.5 Å². The third kappa shape index (κ3) is 1.70. The molecule has 0 saturated carbocycles. The van der Waals surface area contributed by atoms with Crippen LogP contribution in [0.4, 0.5) is 0 Å². The number of hydrogen-bond acceptors (Lipinski definition) is 3. The Morgan fingerprint density at radius 2 is 2.15 bits per heavy atom. The summed E-state index contributed by atoms with van der Waals surface area (Å²) in [6, 6.07) is 2.98. The van der Waals surface area contributed by atoms with Gasteiger partial charge in [0.25, 0.3) is 0 Å². The molecule has 0 aliphatic carbocycles. The van der Waals surface area contributed by atoms with Crippen LogP contribution in [0, 0.1) is 17.2 Å². The molecule has 0 bridgehead atoms. The van der Waals surface area contributed by atoms with Crippen molar-refractivity contribution >= 4 is 0 Å². The molecule has 2 aliphatic rings. The van der Waals surface area contributed by atoms with Crippen molar-refractivity contribution in [3.8, 4) is 6.07 Å². The van der Waals surface area contributed by atoms with Crippen LogP contribution >= 0.6 is 0 Å². The molecule has 0 unspecified atom stereocenters. The molecule has 0 spiro atoms. The Balaban J connectivity index is 1.83. The number of hydrogen-bond donors (Lipinski definition) is 1. The van der Waals surface area contributed by atoms with Crippen LogP contribution in [0.3, 0.4) is 0 Å². The molecule has 0 aromatic heterocycles. The zero-order chi connectivity index (χ0) is 9.47. The van der Waals surface area contributed by atoms with Crippen LogP contribution < -0.4 is 5.32 Å². The number of nitrogens with zero attached hydrogens (tertiary/aromatic N) is 2. The first-order valence-electron chi connectivity index (χ1n) is 4.99. The second kappa shape index (κ2) is 2.97. The first-order chi connectivity index (χ1) is 6.11. The van der Waals surface area contributed by atoms with Crippen molar-refractivity contribution in [3.63, 3.8) is 0 Å². The highest BCUT2D eigenvalue weighted by atomic mass is 15.3. The lowest BCUT2D eigenvalue weighted by Crippen LogP contribution is -2.52. The summed E-state index contributed by atoms with van der Waals surface area (Å²) in [6.45, 7) is 7.55. The average molecular weight is 179 g/mol. The van der Waals surface area contributed by atoms with Crippen molar-refractivity contribution in [1.29, 1.82) is 5.26 Å². The molecule has 2 fully saturated rings. The fraction of sp³-hybridized carbons (Fsp3) is 0.900. The molecule has 72 valence electrons. The van der Waals surface area contributed by atoms with Crippen LogP contribution in [0.5, 0.6) is 0 Å². The van der Waals surface area contributed by atoms with Gasteiger partial charge in [-0.25, -0.2) is 0 Å². The highest BCUT2D eigenvalue weighted by molar-refractivity contribution is 5.02. The Bertz CT molecular complexity index is 235. The average Bonchev–Trinajstić information content (AvgIpc) is 2.28. The monoisotopic (exact) mass is 179 g/mol. The van der Waals surface area contributed by atoms with Crippen LogP contribution in [0.25, 0.3) is 0 Å². The van der Waals surface area contributed by atoms with E-state index in [4.69, 9.17) is 5.26 Å². The minimum absolute atomic E-state index is 0.294. The molecule has 0 aromatic rings. The van der Waals surface area contributed by atoms with Gasteiger partial charge in [-0.2, -0.15) is 5.26 Å². The number of rotatable bonds is 1. The zero-order valence-corrected chi connectivity index (χ0v) is 8.38. The molecule has 0 amide bonds. The van der Waals surface area contributed by atoms with Gasteiger partial charge in [-0.3, -0.25) is 4.90 Å². The first kappa shape index (κ1) is 8.98. The number of likely N-dealkylation sites (tertiary alicyclic amines) is 1. The Morgan fingerprint density at radius 1 is 1.46 bits per heavy atom. The van der Waals surface area contributed by atoms with E-state index in [9.17, 15) is 0 Å². The van der Waals surface area contributed by atoms with Gasteiger partial charge in [0.1, 0.15) is 0 Å². The molecule has 3 nitrogen and oxygen atoms in total. The molecule has 2 saturated heterocycles. The van der Waals surface area contributed by atoms with Crippen molar-refractivity contribution in [1.82, 2.24) is 10.2 Å². The van der Waals surface area contributed by atoms with Crippen molar-refractivity contribution in [3.05, 3.63) is 0 Å². The zero-order valence-electron chi connectivity index (χ0n) is 8.38. The van der Waals surface area contributed by atoms with Crippen LogP contribution in [-0.2, 0) is 0 Å². The summed E-state index contributed by atoms with van der Waals surface area (Å²) in [5, 5.41) is 12.2. The summed E-state index contributed by atoms with van der Waals surface area (Å²) >= 11 is 0. The topological polar surface area (TPSA) is 39.1 Å². The van der Waals surface area contributed by atoms with Crippen LogP contribution in [-0.4, -0.2) is 36.1 Å². The van der Waals surface area contributed by atoms with E-state index in [0.717, 1.165) is 19.6 Å². The third-order valence-electron chi connectivity index (χ3n) is 3.17. The molecule has 13 heavy (non-hydrogen) atoms. The summed E-state index contributed by atoms with van der Waals surface area (Å²) in [5.41, 5.74) is 0.294. The molecule has 0 radical (unpaired) electrons. The fourth-order valence-corrected chi connectivity index (χ4v) is 2.28. The molecular formula is C10H17N3. The summed E-state index contributed by atoms with van der Waals surface area (Å²) in [6.07, 6.45) is 1.21. The van der Waals surface area contributed by atoms with Gasteiger partial charge in [-0.15, -0.1) is 0 Å². The summed E-state index contributed by atoms with van der Waals surface area (Å²) < 4.78 is 0. The van der Waals surface area contributed by atoms with Gasteiger partial charge in [0.2, 0.25) is 0 Å². The van der Waals surface area contributed by atoms with E-state index >= 15 is 0 Å². The highest BCUT2D eigenvalue weighted by Gasteiger charge is 2.39. The molecule has 2 aliphatic heterocycles. The minimum Gasteiger partial charge on any atom is -0.310 e. The third-order valence-corrected chi connectivity index (χ3v) is 3.17. The normalized spacial score (nSPS) is 34.1. The van der Waals surface area contributed by atoms with Crippen LogP contribution in [0.2, 0.25) is 0 Å². The van der Waals surface area contributed by atoms with Gasteiger partial charge >= 0.3 is 0 Å². The molecule has 0 aromatic carbocycles. The van der Waals surface area contributed by atoms with Gasteiger partial charge < -0.3 is 5.32 Å². The Labute approximate surface area is 79.7 Å². The smallest absolute Gasteiger partial charge is 0.0717 e. The molecule has 2 heterocycles. The molecular weight excluding hydrogens is 162 g/mol. The summed E-state index contributed by atoms with van der Waals surface area (Å²) in [4.78, 5) is 2.43. The largest absolute Gasteiger partial charge is 0.310 e. The summed E-state index contributed by atoms with van der Waals surface area (Å²) in [7, 11) is 0. The standard InChI is InChI=1S/C10H17N3/c1-10(2)3-9(5-12-10)13-6-8(4-11)7-13/h8-9,12H,3,5-7H2,1-2H3/t9-/m0/s1. The quantitative estimate of drug-likeness (QED) is 0.640. The molecule has 1 N–H and O–H groups in total. The maximum Gasteiger partial charge on any atom is 0.0717 e. The van der Waals surface area contributed by atoms with Crippen molar-refractivity contribution in [2.24, 2.45) is 5.92 Å². The van der Waals surface area contributed by atoms with Gasteiger partial charge in [-0.05, 0) is 20.3 Å². The van der Waals surface area contributed by atoms with E-state index in [1.165, 1.54) is 6.42 Å². The van der Waals surface area contributed by atoms with Crippen molar-refractivity contribution < 1.29 is 0 Å². The van der Waals surface area contributed by atoms with E-state index < -0.39 is 0 Å². The lowest BCUT2D eigenvalue weighted by Gasteiger charge is -2.40. The van der Waals surface area contributed by atoms with Gasteiger partial charge in [0.15, 0.2) is 0 Å². The van der Waals surface area contributed by atoms with Crippen molar-refractivity contribution in [2.45, 2.75) is 31.8 Å². The van der Waals surface area contributed by atoms with Gasteiger partial charge in [0.05, 0.1) is 12.0 Å². The van der Waals surface area contributed by atoms with Gasteiger partial charge in [-0.1, -0.05) is 0 Å². The Hall–Kier alpha value is -0.590. The van der Waals surface area contributed by atoms with Crippen molar-refractivity contribution in [2.75, 3.05) is 19.6 Å². The maximum atomic E-state index is 8.66. The van der Waals surface area contributed by atoms with Crippen LogP contribution in [0.15, 0.2) is 0 Å². The predicted octanol–water partition coefficient (Wildman–Crippen LogP) is 0.582. The SMILES string of the molecule is CC1(C)C[C@H](N2CC(C#N)C2)CN1. The Kier molecular flexibility index (Phi) is 2.05. The van der Waals surface area contributed by atoms with E-state index in [2.05, 4.69) is 30.1 Å². The molecule has 1 atom stereocenters. The fourth-order valence-electron chi connectivity index (χ4n) is 2.28.